The number of allylic oxidation sites excluding steroid dienone is 1. The summed E-state index contributed by atoms with van der Waals surface area (Å²) in [7, 11) is 1.65. The number of carbonyl (C=O) groups excluding carboxylic acids is 1. The summed E-state index contributed by atoms with van der Waals surface area (Å²) < 4.78 is 11.2. The largest absolute Gasteiger partial charge is 0.497 e. The van der Waals surface area contributed by atoms with E-state index in [0.29, 0.717) is 6.61 Å². The van der Waals surface area contributed by atoms with Gasteiger partial charge < -0.3 is 9.47 Å². The molecule has 0 radical (unpaired) electrons. The van der Waals surface area contributed by atoms with Gasteiger partial charge in [-0.15, -0.1) is 6.58 Å². The summed E-state index contributed by atoms with van der Waals surface area (Å²) in [6.07, 6.45) is 3.52. The molecule has 3 atom stereocenters. The first-order valence-corrected chi connectivity index (χ1v) is 7.89. The van der Waals surface area contributed by atoms with Crippen molar-refractivity contribution in [2.45, 2.75) is 39.4 Å². The zero-order valence-corrected chi connectivity index (χ0v) is 13.6. The molecular formula is C19H24O3. The number of ether oxygens (including phenoxy) is 2. The monoisotopic (exact) mass is 300 g/mol. The number of hydrogen-bond acceptors (Lipinski definition) is 3. The SMILES string of the molecule is C=C[C@@]12CC[C@@H]([C@@H](OCc3ccc(OC)cc3)C1=O)C2(C)C. The van der Waals surface area contributed by atoms with Crippen molar-refractivity contribution in [3.63, 3.8) is 0 Å². The summed E-state index contributed by atoms with van der Waals surface area (Å²) in [4.78, 5) is 12.8. The molecule has 1 aromatic rings. The van der Waals surface area contributed by atoms with Crippen molar-refractivity contribution in [3.05, 3.63) is 42.5 Å². The van der Waals surface area contributed by atoms with E-state index in [1.165, 1.54) is 0 Å². The zero-order valence-electron chi connectivity index (χ0n) is 13.6. The van der Waals surface area contributed by atoms with Crippen molar-refractivity contribution >= 4 is 5.78 Å². The van der Waals surface area contributed by atoms with E-state index in [0.717, 1.165) is 24.2 Å². The van der Waals surface area contributed by atoms with E-state index in [2.05, 4.69) is 20.4 Å². The van der Waals surface area contributed by atoms with Crippen molar-refractivity contribution in [1.82, 2.24) is 0 Å². The molecule has 3 heteroatoms. The zero-order chi connectivity index (χ0) is 16.0. The Balaban J connectivity index is 1.74. The predicted octanol–water partition coefficient (Wildman–Crippen LogP) is 3.77. The fraction of sp³-hybridized carbons (Fsp3) is 0.526. The molecular weight excluding hydrogens is 276 g/mol. The number of rotatable bonds is 5. The first-order valence-electron chi connectivity index (χ1n) is 7.89. The first-order chi connectivity index (χ1) is 10.5. The molecule has 2 aliphatic carbocycles. The van der Waals surface area contributed by atoms with Crippen molar-refractivity contribution < 1.29 is 14.3 Å². The fourth-order valence-electron chi connectivity index (χ4n) is 4.37. The lowest BCUT2D eigenvalue weighted by Gasteiger charge is -2.32. The van der Waals surface area contributed by atoms with E-state index in [1.54, 1.807) is 7.11 Å². The van der Waals surface area contributed by atoms with Crippen molar-refractivity contribution in [2.24, 2.45) is 16.7 Å². The van der Waals surface area contributed by atoms with Gasteiger partial charge in [0.15, 0.2) is 5.78 Å². The second-order valence-electron chi connectivity index (χ2n) is 6.99. The van der Waals surface area contributed by atoms with Gasteiger partial charge in [0.1, 0.15) is 11.9 Å². The van der Waals surface area contributed by atoms with E-state index < -0.39 is 5.41 Å². The number of hydrogen-bond donors (Lipinski definition) is 0. The van der Waals surface area contributed by atoms with E-state index in [-0.39, 0.29) is 23.2 Å². The Kier molecular flexibility index (Phi) is 3.64. The summed E-state index contributed by atoms with van der Waals surface area (Å²) in [6, 6.07) is 7.78. The number of benzene rings is 1. The molecule has 0 saturated heterocycles. The Labute approximate surface area is 132 Å². The molecule has 22 heavy (non-hydrogen) atoms. The minimum Gasteiger partial charge on any atom is -0.497 e. The van der Waals surface area contributed by atoms with E-state index >= 15 is 0 Å². The quantitative estimate of drug-likeness (QED) is 0.776. The molecule has 0 N–H and O–H groups in total. The van der Waals surface area contributed by atoms with Gasteiger partial charge in [-0.2, -0.15) is 0 Å². The third-order valence-electron chi connectivity index (χ3n) is 5.93. The molecule has 2 bridgehead atoms. The lowest BCUT2D eigenvalue weighted by molar-refractivity contribution is -0.138. The third-order valence-corrected chi connectivity index (χ3v) is 5.93. The van der Waals surface area contributed by atoms with Gasteiger partial charge in [0.05, 0.1) is 19.1 Å². The highest BCUT2D eigenvalue weighted by atomic mass is 16.5. The highest BCUT2D eigenvalue weighted by Gasteiger charge is 2.67. The van der Waals surface area contributed by atoms with Crippen LogP contribution in [0.25, 0.3) is 0 Å². The molecule has 2 saturated carbocycles. The molecule has 0 heterocycles. The molecule has 0 unspecified atom stereocenters. The molecule has 2 fully saturated rings. The number of ketones is 1. The average Bonchev–Trinajstić information content (AvgIpc) is 2.87. The van der Waals surface area contributed by atoms with Crippen LogP contribution >= 0.6 is 0 Å². The van der Waals surface area contributed by atoms with Gasteiger partial charge in [0.25, 0.3) is 0 Å². The lowest BCUT2D eigenvalue weighted by atomic mass is 9.69. The standard InChI is InChI=1S/C19H24O3/c1-5-19-11-10-15(18(19,2)3)16(17(19)20)22-12-13-6-8-14(21-4)9-7-13/h5-9,15-16H,1,10-12H2,2-4H3/t15-,16+,19+/m0/s1. The van der Waals surface area contributed by atoms with Crippen LogP contribution < -0.4 is 4.74 Å². The van der Waals surface area contributed by atoms with Crippen LogP contribution in [0.5, 0.6) is 5.75 Å². The Morgan fingerprint density at radius 2 is 2.00 bits per heavy atom. The molecule has 0 amide bonds. The topological polar surface area (TPSA) is 35.5 Å². The maximum absolute atomic E-state index is 12.8. The van der Waals surface area contributed by atoms with Gasteiger partial charge in [0.2, 0.25) is 0 Å². The van der Waals surface area contributed by atoms with Crippen LogP contribution in [0.15, 0.2) is 36.9 Å². The highest BCUT2D eigenvalue weighted by Crippen LogP contribution is 2.65. The molecule has 0 aliphatic heterocycles. The van der Waals surface area contributed by atoms with Crippen LogP contribution in [0.4, 0.5) is 0 Å². The maximum Gasteiger partial charge on any atom is 0.172 e. The number of Topliss-reactive ketones (excluding diaryl/α,β-unsaturated/α-hetero) is 1. The van der Waals surface area contributed by atoms with Crippen LogP contribution in [0.3, 0.4) is 0 Å². The molecule has 0 spiro atoms. The predicted molar refractivity (Wildman–Crippen MR) is 85.7 cm³/mol. The molecule has 0 aromatic heterocycles. The molecule has 118 valence electrons. The Morgan fingerprint density at radius 1 is 1.32 bits per heavy atom. The molecule has 1 aromatic carbocycles. The third kappa shape index (κ3) is 1.95. The second kappa shape index (κ2) is 5.24. The van der Waals surface area contributed by atoms with Crippen LogP contribution in [0.2, 0.25) is 0 Å². The van der Waals surface area contributed by atoms with Crippen LogP contribution in [0.1, 0.15) is 32.3 Å². The van der Waals surface area contributed by atoms with Gasteiger partial charge in [-0.1, -0.05) is 32.1 Å². The van der Waals surface area contributed by atoms with Crippen molar-refractivity contribution in [2.75, 3.05) is 7.11 Å². The molecule has 2 aliphatic rings. The van der Waals surface area contributed by atoms with E-state index in [9.17, 15) is 4.79 Å². The Hall–Kier alpha value is -1.61. The minimum absolute atomic E-state index is 0.0591. The van der Waals surface area contributed by atoms with Gasteiger partial charge in [0, 0.05) is 0 Å². The normalized spacial score (nSPS) is 32.2. The Bertz CT molecular complexity index is 587. The Morgan fingerprint density at radius 3 is 2.55 bits per heavy atom. The highest BCUT2D eigenvalue weighted by molar-refractivity contribution is 5.95. The van der Waals surface area contributed by atoms with Gasteiger partial charge in [-0.3, -0.25) is 4.79 Å². The van der Waals surface area contributed by atoms with Gasteiger partial charge in [-0.05, 0) is 41.9 Å². The van der Waals surface area contributed by atoms with Crippen LogP contribution in [-0.2, 0) is 16.1 Å². The van der Waals surface area contributed by atoms with E-state index in [1.807, 2.05) is 30.3 Å². The molecule has 3 nitrogen and oxygen atoms in total. The van der Waals surface area contributed by atoms with Gasteiger partial charge in [-0.25, -0.2) is 0 Å². The van der Waals surface area contributed by atoms with Crippen molar-refractivity contribution in [1.29, 1.82) is 0 Å². The van der Waals surface area contributed by atoms with Crippen LogP contribution in [-0.4, -0.2) is 19.0 Å². The minimum atomic E-state index is -0.401. The van der Waals surface area contributed by atoms with Crippen molar-refractivity contribution in [3.8, 4) is 5.75 Å². The number of carbonyl (C=O) groups is 1. The van der Waals surface area contributed by atoms with E-state index in [4.69, 9.17) is 9.47 Å². The van der Waals surface area contributed by atoms with Crippen LogP contribution in [0, 0.1) is 16.7 Å². The summed E-state index contributed by atoms with van der Waals surface area (Å²) in [6.45, 7) is 8.76. The second-order valence-corrected chi connectivity index (χ2v) is 6.99. The summed E-state index contributed by atoms with van der Waals surface area (Å²) in [5.41, 5.74) is 0.598. The summed E-state index contributed by atoms with van der Waals surface area (Å²) in [5.74, 6) is 1.33. The summed E-state index contributed by atoms with van der Waals surface area (Å²) >= 11 is 0. The van der Waals surface area contributed by atoms with Gasteiger partial charge >= 0.3 is 0 Å². The molecule has 3 rings (SSSR count). The maximum atomic E-state index is 12.8. The average molecular weight is 300 g/mol. The summed E-state index contributed by atoms with van der Waals surface area (Å²) in [5, 5.41) is 0. The number of fused-ring (bicyclic) bond motifs is 2. The first kappa shape index (κ1) is 15.3. The smallest absolute Gasteiger partial charge is 0.172 e. The number of methoxy groups -OCH3 is 1. The fourth-order valence-corrected chi connectivity index (χ4v) is 4.37. The lowest BCUT2D eigenvalue weighted by Crippen LogP contribution is -2.36.